The van der Waals surface area contributed by atoms with Crippen LogP contribution in [0.1, 0.15) is 11.1 Å². The Kier molecular flexibility index (Phi) is 7.40. The van der Waals surface area contributed by atoms with Crippen LogP contribution in [0.5, 0.6) is 0 Å². The van der Waals surface area contributed by atoms with Crippen LogP contribution < -0.4 is 0 Å². The predicted octanol–water partition coefficient (Wildman–Crippen LogP) is 12.0. The molecule has 0 N–H and O–H groups in total. The Morgan fingerprint density at radius 1 is 0.314 bits per heavy atom. The second-order valence-electron chi connectivity index (χ2n) is 12.6. The lowest BCUT2D eigenvalue weighted by Crippen LogP contribution is -2.10. The average Bonchev–Trinajstić information content (AvgIpc) is 3.43. The van der Waals surface area contributed by atoms with Gasteiger partial charge in [-0.15, -0.1) is 0 Å². The number of hydrogen-bond acceptors (Lipinski definition) is 3. The lowest BCUT2D eigenvalue weighted by molar-refractivity contribution is 0.0480. The molecule has 6 aromatic carbocycles. The van der Waals surface area contributed by atoms with E-state index in [4.69, 9.17) is 15.0 Å². The molecule has 2 heterocycles. The number of aromatic nitrogens is 3. The minimum absolute atomic E-state index is 0.0233. The summed E-state index contributed by atoms with van der Waals surface area (Å²) in [4.78, 5) is 15.0. The van der Waals surface area contributed by atoms with Crippen molar-refractivity contribution in [1.82, 2.24) is 15.0 Å². The Balaban J connectivity index is 1.19. The van der Waals surface area contributed by atoms with E-state index in [1.807, 2.05) is 127 Å². The van der Waals surface area contributed by atoms with Gasteiger partial charge in [0.05, 0.1) is 22.8 Å². The highest BCUT2D eigenvalue weighted by Gasteiger charge is 2.44. The molecule has 0 fully saturated rings. The fraction of sp³-hybridized carbons (Fsp3) is 0.0217. The van der Waals surface area contributed by atoms with Gasteiger partial charge in [0.2, 0.25) is 0 Å². The number of rotatable bonds is 6. The van der Waals surface area contributed by atoms with Crippen molar-refractivity contribution >= 4 is 0 Å². The number of pyridine rings is 1. The molecule has 8 aromatic rings. The molecule has 0 unspecified atom stereocenters. The van der Waals surface area contributed by atoms with Gasteiger partial charge < -0.3 is 0 Å². The monoisotopic (exact) mass is 661 g/mol. The van der Waals surface area contributed by atoms with Gasteiger partial charge in [0.25, 0.3) is 5.92 Å². The first kappa shape index (κ1) is 30.5. The van der Waals surface area contributed by atoms with Crippen molar-refractivity contribution in [2.75, 3.05) is 0 Å². The number of hydrogen-bond donors (Lipinski definition) is 0. The van der Waals surface area contributed by atoms with Crippen LogP contribution in [0.15, 0.2) is 176 Å². The van der Waals surface area contributed by atoms with Crippen LogP contribution in [-0.4, -0.2) is 15.0 Å². The topological polar surface area (TPSA) is 38.7 Å². The van der Waals surface area contributed by atoms with Crippen LogP contribution in [0.3, 0.4) is 0 Å². The third kappa shape index (κ3) is 5.59. The fourth-order valence-electron chi connectivity index (χ4n) is 6.85. The van der Waals surface area contributed by atoms with E-state index in [9.17, 15) is 0 Å². The van der Waals surface area contributed by atoms with Crippen molar-refractivity contribution in [1.29, 1.82) is 0 Å². The van der Waals surface area contributed by atoms with Crippen LogP contribution in [0.2, 0.25) is 0 Å². The molecule has 2 aromatic heterocycles. The third-order valence-corrected chi connectivity index (χ3v) is 9.43. The quantitative estimate of drug-likeness (QED) is 0.178. The smallest absolute Gasteiger partial charge is 0.248 e. The molecule has 0 bridgehead atoms. The van der Waals surface area contributed by atoms with Gasteiger partial charge in [0, 0.05) is 38.9 Å². The molecule has 0 aliphatic heterocycles. The maximum absolute atomic E-state index is 16.1. The number of benzene rings is 6. The average molecular weight is 662 g/mol. The molecule has 0 saturated heterocycles. The molecule has 0 spiro atoms. The molecular formula is C46H29F2N3. The fourth-order valence-corrected chi connectivity index (χ4v) is 6.85. The molecule has 1 aliphatic carbocycles. The molecule has 9 rings (SSSR count). The summed E-state index contributed by atoms with van der Waals surface area (Å²) in [5.74, 6) is -2.69. The number of nitrogens with zero attached hydrogens (tertiary/aromatic N) is 3. The molecule has 0 radical (unpaired) electrons. The Bertz CT molecular complexity index is 2240. The lowest BCUT2D eigenvalue weighted by Gasteiger charge is -2.13. The normalized spacial score (nSPS) is 12.7. The van der Waals surface area contributed by atoms with E-state index in [1.54, 1.807) is 24.3 Å². The van der Waals surface area contributed by atoms with E-state index in [2.05, 4.69) is 18.2 Å². The van der Waals surface area contributed by atoms with Crippen LogP contribution in [-0.2, 0) is 5.92 Å². The lowest BCUT2D eigenvalue weighted by atomic mass is 9.97. The molecule has 51 heavy (non-hydrogen) atoms. The summed E-state index contributed by atoms with van der Waals surface area (Å²) < 4.78 is 32.2. The third-order valence-electron chi connectivity index (χ3n) is 9.43. The van der Waals surface area contributed by atoms with E-state index >= 15 is 8.78 Å². The number of halogens is 2. The van der Waals surface area contributed by atoms with E-state index < -0.39 is 5.92 Å². The molecule has 0 amide bonds. The summed E-state index contributed by atoms with van der Waals surface area (Å²) in [5.41, 5.74) is 10.2. The minimum atomic E-state index is -3.15. The summed E-state index contributed by atoms with van der Waals surface area (Å²) in [6.45, 7) is 0. The van der Waals surface area contributed by atoms with Gasteiger partial charge in [0.1, 0.15) is 0 Å². The Morgan fingerprint density at radius 2 is 0.706 bits per heavy atom. The largest absolute Gasteiger partial charge is 0.299 e. The van der Waals surface area contributed by atoms with Crippen LogP contribution >= 0.6 is 0 Å². The summed E-state index contributed by atoms with van der Waals surface area (Å²) in [5, 5.41) is 0. The molecule has 5 heteroatoms. The van der Waals surface area contributed by atoms with E-state index in [-0.39, 0.29) is 11.1 Å². The van der Waals surface area contributed by atoms with Gasteiger partial charge >= 0.3 is 0 Å². The minimum Gasteiger partial charge on any atom is -0.248 e. The van der Waals surface area contributed by atoms with Gasteiger partial charge in [-0.2, -0.15) is 8.78 Å². The van der Waals surface area contributed by atoms with E-state index in [0.717, 1.165) is 50.5 Å². The first-order valence-corrected chi connectivity index (χ1v) is 16.8. The molecule has 3 nitrogen and oxygen atoms in total. The molecular weight excluding hydrogens is 633 g/mol. The van der Waals surface area contributed by atoms with Gasteiger partial charge in [-0.05, 0) is 52.6 Å². The summed E-state index contributed by atoms with van der Waals surface area (Å²) in [7, 11) is 0. The zero-order chi connectivity index (χ0) is 34.4. The SMILES string of the molecule is FC1(F)c2ccc(-c3cc(-c4ccccc4)cc(-c4ccccc4)n3)cc2-c2cc(-c3nc(-c4ccccc4)cc(-c4ccccc4)n3)ccc21. The maximum atomic E-state index is 16.1. The van der Waals surface area contributed by atoms with Crippen molar-refractivity contribution < 1.29 is 8.78 Å². The highest BCUT2D eigenvalue weighted by Crippen LogP contribution is 2.52. The van der Waals surface area contributed by atoms with Crippen molar-refractivity contribution in [3.63, 3.8) is 0 Å². The maximum Gasteiger partial charge on any atom is 0.299 e. The summed E-state index contributed by atoms with van der Waals surface area (Å²) in [6.07, 6.45) is 0. The first-order chi connectivity index (χ1) is 25.0. The molecule has 242 valence electrons. The zero-order valence-electron chi connectivity index (χ0n) is 27.3. The summed E-state index contributed by atoms with van der Waals surface area (Å²) in [6, 6.07) is 56.2. The standard InChI is InChI=1S/C46H29F2N3/c47-46(48)39-23-21-34(42-28-36(30-13-5-1-6-14-30)27-41(49-42)31-15-7-2-8-16-31)25-37(39)38-26-35(22-24-40(38)46)45-50-43(32-17-9-3-10-18-32)29-44(51-45)33-19-11-4-12-20-33/h1-29H. The first-order valence-electron chi connectivity index (χ1n) is 16.8. The second kappa shape index (κ2) is 12.4. The highest BCUT2D eigenvalue weighted by molar-refractivity contribution is 5.87. The van der Waals surface area contributed by atoms with Gasteiger partial charge in [-0.25, -0.2) is 15.0 Å². The van der Waals surface area contributed by atoms with Gasteiger partial charge in [-0.1, -0.05) is 146 Å². The Morgan fingerprint density at radius 3 is 1.20 bits per heavy atom. The zero-order valence-corrected chi connectivity index (χ0v) is 27.3. The summed E-state index contributed by atoms with van der Waals surface area (Å²) >= 11 is 0. The van der Waals surface area contributed by atoms with Crippen LogP contribution in [0, 0.1) is 0 Å². The number of alkyl halides is 2. The van der Waals surface area contributed by atoms with Gasteiger partial charge in [0.15, 0.2) is 5.82 Å². The van der Waals surface area contributed by atoms with Gasteiger partial charge in [-0.3, -0.25) is 0 Å². The van der Waals surface area contributed by atoms with Crippen molar-refractivity contribution in [3.8, 4) is 78.7 Å². The van der Waals surface area contributed by atoms with Crippen molar-refractivity contribution in [2.45, 2.75) is 5.92 Å². The van der Waals surface area contributed by atoms with Crippen molar-refractivity contribution in [2.24, 2.45) is 0 Å². The number of fused-ring (bicyclic) bond motifs is 3. The second-order valence-corrected chi connectivity index (χ2v) is 12.6. The van der Waals surface area contributed by atoms with E-state index in [1.165, 1.54) is 6.07 Å². The molecule has 0 saturated carbocycles. The van der Waals surface area contributed by atoms with Crippen molar-refractivity contribution in [3.05, 3.63) is 187 Å². The highest BCUT2D eigenvalue weighted by atomic mass is 19.3. The Hall–Kier alpha value is -6.59. The molecule has 0 atom stereocenters. The predicted molar refractivity (Wildman–Crippen MR) is 201 cm³/mol. The van der Waals surface area contributed by atoms with Crippen LogP contribution in [0.25, 0.3) is 78.7 Å². The van der Waals surface area contributed by atoms with Crippen LogP contribution in [0.4, 0.5) is 8.78 Å². The van der Waals surface area contributed by atoms with E-state index in [0.29, 0.717) is 28.2 Å². The Labute approximate surface area is 294 Å². The molecule has 1 aliphatic rings.